The molecule has 0 spiro atoms. The number of fused-ring (bicyclic) bond motifs is 1. The smallest absolute Gasteiger partial charge is 0.262 e. The Kier molecular flexibility index (Phi) is 5.91. The molecule has 3 aromatic rings. The van der Waals surface area contributed by atoms with Crippen molar-refractivity contribution in [2.75, 3.05) is 17.7 Å². The van der Waals surface area contributed by atoms with Crippen molar-refractivity contribution in [3.63, 3.8) is 0 Å². The topological polar surface area (TPSA) is 73.2 Å². The summed E-state index contributed by atoms with van der Waals surface area (Å²) in [6.07, 6.45) is 0. The summed E-state index contributed by atoms with van der Waals surface area (Å²) in [5, 5.41) is 7.61. The zero-order chi connectivity index (χ0) is 22.1. The Bertz CT molecular complexity index is 1160. The first-order chi connectivity index (χ1) is 14.8. The zero-order valence-electron chi connectivity index (χ0n) is 17.6. The van der Waals surface area contributed by atoms with Crippen molar-refractivity contribution in [1.82, 2.24) is 9.78 Å². The molecule has 4 rings (SSSR count). The minimum atomic E-state index is -0.973. The van der Waals surface area contributed by atoms with Gasteiger partial charge in [-0.25, -0.2) is 4.39 Å². The Hall–Kier alpha value is -3.00. The zero-order valence-corrected chi connectivity index (χ0v) is 18.5. The second kappa shape index (κ2) is 8.63. The molecule has 1 aliphatic rings. The summed E-state index contributed by atoms with van der Waals surface area (Å²) < 4.78 is 33.2. The molecule has 0 bridgehead atoms. The largest absolute Gasteiger partial charge is 0.482 e. The molecule has 0 fully saturated rings. The van der Waals surface area contributed by atoms with Crippen LogP contribution in [-0.4, -0.2) is 37.5 Å². The fraction of sp³-hybridized carbons (Fsp3) is 0.304. The highest BCUT2D eigenvalue weighted by atomic mass is 32.2. The normalized spacial score (nSPS) is 14.2. The molecule has 31 heavy (non-hydrogen) atoms. The van der Waals surface area contributed by atoms with Crippen LogP contribution >= 0.6 is 0 Å². The van der Waals surface area contributed by atoms with Gasteiger partial charge in [0.1, 0.15) is 11.6 Å². The number of halogens is 1. The molecule has 1 amide bonds. The summed E-state index contributed by atoms with van der Waals surface area (Å²) in [6, 6.07) is 11.9. The van der Waals surface area contributed by atoms with Crippen molar-refractivity contribution in [3.05, 3.63) is 54.0 Å². The van der Waals surface area contributed by atoms with Crippen LogP contribution in [0, 0.1) is 12.7 Å². The summed E-state index contributed by atoms with van der Waals surface area (Å²) in [7, 11) is -0.973. The first kappa shape index (κ1) is 21.2. The Morgan fingerprint density at radius 1 is 1.19 bits per heavy atom. The fourth-order valence-corrected chi connectivity index (χ4v) is 4.47. The maximum absolute atomic E-state index is 13.6. The number of anilines is 1. The summed E-state index contributed by atoms with van der Waals surface area (Å²) in [5.41, 5.74) is 4.76. The molecule has 1 aromatic heterocycles. The van der Waals surface area contributed by atoms with Gasteiger partial charge in [0, 0.05) is 32.9 Å². The Morgan fingerprint density at radius 2 is 1.90 bits per heavy atom. The van der Waals surface area contributed by atoms with Gasteiger partial charge in [0.15, 0.2) is 6.61 Å². The minimum Gasteiger partial charge on any atom is -0.482 e. The predicted molar refractivity (Wildman–Crippen MR) is 120 cm³/mol. The van der Waals surface area contributed by atoms with Gasteiger partial charge < -0.3 is 10.1 Å². The molecule has 8 heteroatoms. The molecule has 0 radical (unpaired) electrons. The highest BCUT2D eigenvalue weighted by Crippen LogP contribution is 2.39. The average Bonchev–Trinajstić information content (AvgIpc) is 3.07. The molecule has 1 atom stereocenters. The van der Waals surface area contributed by atoms with Gasteiger partial charge in [0.05, 0.1) is 23.6 Å². The predicted octanol–water partition coefficient (Wildman–Crippen LogP) is 4.15. The van der Waals surface area contributed by atoms with Gasteiger partial charge in [-0.2, -0.15) is 5.10 Å². The number of rotatable bonds is 6. The van der Waals surface area contributed by atoms with E-state index in [1.165, 1.54) is 12.1 Å². The monoisotopic (exact) mass is 441 g/mol. The second-order valence-corrected chi connectivity index (χ2v) is 9.83. The van der Waals surface area contributed by atoms with E-state index in [0.717, 1.165) is 28.1 Å². The number of carbonyl (C=O) groups is 1. The van der Waals surface area contributed by atoms with Gasteiger partial charge in [-0.15, -0.1) is 0 Å². The lowest BCUT2D eigenvalue weighted by Gasteiger charge is -2.19. The number of nitrogens with zero attached hydrogens (tertiary/aromatic N) is 2. The number of aryl methyl sites for hydroxylation is 2. The standard InChI is InChI=1S/C23H24FN3O3S/c1-14(2)31(29)11-10-27-23(16-4-7-18(24)8-5-16)22(15(3)26-27)17-6-9-20-19(12-17)25-21(28)13-30-20/h4-9,12,14H,10-11,13H2,1-3H3,(H,25,28). The van der Waals surface area contributed by atoms with Gasteiger partial charge in [0.25, 0.3) is 5.91 Å². The number of hydrogen-bond donors (Lipinski definition) is 1. The first-order valence-corrected chi connectivity index (χ1v) is 11.5. The molecule has 0 saturated carbocycles. The summed E-state index contributed by atoms with van der Waals surface area (Å²) in [4.78, 5) is 11.8. The quantitative estimate of drug-likeness (QED) is 0.624. The highest BCUT2D eigenvalue weighted by molar-refractivity contribution is 7.85. The number of hydrogen-bond acceptors (Lipinski definition) is 4. The van der Waals surface area contributed by atoms with Crippen molar-refractivity contribution in [2.24, 2.45) is 0 Å². The molecular formula is C23H24FN3O3S. The Labute approximate surface area is 182 Å². The van der Waals surface area contributed by atoms with E-state index in [-0.39, 0.29) is 23.6 Å². The van der Waals surface area contributed by atoms with Crippen LogP contribution in [0.4, 0.5) is 10.1 Å². The maximum Gasteiger partial charge on any atom is 0.262 e. The molecule has 1 aliphatic heterocycles. The third-order valence-electron chi connectivity index (χ3n) is 5.18. The van der Waals surface area contributed by atoms with E-state index >= 15 is 0 Å². The molecule has 162 valence electrons. The van der Waals surface area contributed by atoms with E-state index in [9.17, 15) is 13.4 Å². The van der Waals surface area contributed by atoms with E-state index in [0.29, 0.717) is 23.7 Å². The number of aromatic nitrogens is 2. The summed E-state index contributed by atoms with van der Waals surface area (Å²) in [5.74, 6) is 0.569. The Balaban J connectivity index is 1.82. The van der Waals surface area contributed by atoms with Gasteiger partial charge in [-0.05, 0) is 48.9 Å². The van der Waals surface area contributed by atoms with E-state index in [4.69, 9.17) is 9.84 Å². The third kappa shape index (κ3) is 4.39. The lowest BCUT2D eigenvalue weighted by Crippen LogP contribution is -2.25. The van der Waals surface area contributed by atoms with E-state index in [1.54, 1.807) is 12.1 Å². The minimum absolute atomic E-state index is 0.00285. The molecule has 2 heterocycles. The van der Waals surface area contributed by atoms with E-state index in [2.05, 4.69) is 5.32 Å². The number of ether oxygens (including phenoxy) is 1. The number of carbonyl (C=O) groups excluding carboxylic acids is 1. The highest BCUT2D eigenvalue weighted by Gasteiger charge is 2.22. The molecule has 2 aromatic carbocycles. The van der Waals surface area contributed by atoms with Crippen LogP contribution in [0.5, 0.6) is 5.75 Å². The molecule has 0 saturated heterocycles. The number of amides is 1. The van der Waals surface area contributed by atoms with Gasteiger partial charge in [0.2, 0.25) is 0 Å². The maximum atomic E-state index is 13.6. The van der Waals surface area contributed by atoms with Crippen molar-refractivity contribution in [3.8, 4) is 28.1 Å². The second-order valence-electron chi connectivity index (χ2n) is 7.72. The van der Waals surface area contributed by atoms with Crippen LogP contribution in [0.15, 0.2) is 42.5 Å². The molecule has 1 unspecified atom stereocenters. The Morgan fingerprint density at radius 3 is 2.61 bits per heavy atom. The summed E-state index contributed by atoms with van der Waals surface area (Å²) >= 11 is 0. The van der Waals surface area contributed by atoms with Crippen LogP contribution < -0.4 is 10.1 Å². The molecule has 6 nitrogen and oxygen atoms in total. The van der Waals surface area contributed by atoms with Crippen LogP contribution in [0.2, 0.25) is 0 Å². The average molecular weight is 442 g/mol. The molecular weight excluding hydrogens is 417 g/mol. The van der Waals surface area contributed by atoms with Gasteiger partial charge in [-0.1, -0.05) is 19.9 Å². The van der Waals surface area contributed by atoms with Crippen LogP contribution in [0.3, 0.4) is 0 Å². The van der Waals surface area contributed by atoms with Crippen molar-refractivity contribution in [1.29, 1.82) is 0 Å². The molecule has 0 aliphatic carbocycles. The fourth-order valence-electron chi connectivity index (χ4n) is 3.64. The van der Waals surface area contributed by atoms with Crippen LogP contribution in [0.25, 0.3) is 22.4 Å². The lowest BCUT2D eigenvalue weighted by atomic mass is 9.98. The van der Waals surface area contributed by atoms with E-state index in [1.807, 2.05) is 43.7 Å². The van der Waals surface area contributed by atoms with Crippen LogP contribution in [0.1, 0.15) is 19.5 Å². The number of benzene rings is 2. The van der Waals surface area contributed by atoms with Crippen molar-refractivity contribution < 1.29 is 18.1 Å². The first-order valence-electron chi connectivity index (χ1n) is 10.1. The summed E-state index contributed by atoms with van der Waals surface area (Å²) in [6.45, 7) is 6.24. The van der Waals surface area contributed by atoms with Crippen molar-refractivity contribution in [2.45, 2.75) is 32.6 Å². The lowest BCUT2D eigenvalue weighted by molar-refractivity contribution is -0.118. The van der Waals surface area contributed by atoms with Crippen LogP contribution in [-0.2, 0) is 22.1 Å². The van der Waals surface area contributed by atoms with Gasteiger partial charge >= 0.3 is 0 Å². The third-order valence-corrected chi connectivity index (χ3v) is 6.81. The number of nitrogens with one attached hydrogen (secondary N) is 1. The van der Waals surface area contributed by atoms with Gasteiger partial charge in [-0.3, -0.25) is 13.7 Å². The van der Waals surface area contributed by atoms with Crippen molar-refractivity contribution >= 4 is 22.4 Å². The van der Waals surface area contributed by atoms with E-state index < -0.39 is 10.8 Å². The molecule has 1 N–H and O–H groups in total. The SMILES string of the molecule is Cc1nn(CCS(=O)C(C)C)c(-c2ccc(F)cc2)c1-c1ccc2c(c1)NC(=O)CO2.